The van der Waals surface area contributed by atoms with Crippen LogP contribution < -0.4 is 0 Å². The van der Waals surface area contributed by atoms with Crippen molar-refractivity contribution in [3.8, 4) is 11.1 Å². The van der Waals surface area contributed by atoms with E-state index in [1.54, 1.807) is 22.3 Å². The summed E-state index contributed by atoms with van der Waals surface area (Å²) >= 11 is 0. The molecule has 2 aromatic rings. The number of benzene rings is 2. The van der Waals surface area contributed by atoms with E-state index in [-0.39, 0.29) is 27.1 Å². The van der Waals surface area contributed by atoms with Gasteiger partial charge in [-0.1, -0.05) is 144 Å². The number of allylic oxidation sites excluding steroid dienone is 4. The number of rotatable bonds is 4. The smallest absolute Gasteiger partial charge is 0.0170 e. The molecule has 0 aromatic heterocycles. The van der Waals surface area contributed by atoms with Gasteiger partial charge in [-0.2, -0.15) is 0 Å². The highest BCUT2D eigenvalue weighted by molar-refractivity contribution is 5.81. The second-order valence-electron chi connectivity index (χ2n) is 16.5. The average Bonchev–Trinajstić information content (AvgIpc) is 3.51. The van der Waals surface area contributed by atoms with Crippen molar-refractivity contribution in [2.75, 3.05) is 0 Å². The lowest BCUT2D eigenvalue weighted by atomic mass is 9.56. The van der Waals surface area contributed by atoms with Gasteiger partial charge in [0.25, 0.3) is 0 Å². The minimum Gasteiger partial charge on any atom is -0.0730 e. The molecule has 3 aliphatic rings. The molecular formula is C40H56. The van der Waals surface area contributed by atoms with Gasteiger partial charge in [0.2, 0.25) is 0 Å². The minimum absolute atomic E-state index is 0.125. The highest BCUT2D eigenvalue weighted by Crippen LogP contribution is 2.74. The standard InChI is InChI=1S/C40H56/c1-14-39(15-2)25(4)40(16-3,34-24-28(23-33(34)39)38(11,12)13)35-31-21-26(36(5,6)7)17-19-29(31)30-20-18-27(22-32(30)35)37(8,9)10/h17-25,34-35H,14-16H2,1-13H3. The fourth-order valence-electron chi connectivity index (χ4n) is 9.18. The molecule has 0 spiro atoms. The van der Waals surface area contributed by atoms with Crippen LogP contribution in [0.3, 0.4) is 0 Å². The molecule has 0 nitrogen and oxygen atoms in total. The van der Waals surface area contributed by atoms with E-state index in [1.165, 1.54) is 41.5 Å². The van der Waals surface area contributed by atoms with Crippen LogP contribution in [0.1, 0.15) is 137 Å². The highest BCUT2D eigenvalue weighted by Gasteiger charge is 2.65. The summed E-state index contributed by atoms with van der Waals surface area (Å²) in [6.45, 7) is 31.5. The quantitative estimate of drug-likeness (QED) is 0.364. The van der Waals surface area contributed by atoms with E-state index in [0.717, 1.165) is 0 Å². The molecule has 1 fully saturated rings. The Balaban J connectivity index is 1.86. The van der Waals surface area contributed by atoms with Gasteiger partial charge < -0.3 is 0 Å². The summed E-state index contributed by atoms with van der Waals surface area (Å²) in [6, 6.07) is 15.0. The fraction of sp³-hybridized carbons (Fsp3) is 0.600. The first-order valence-corrected chi connectivity index (χ1v) is 16.2. The van der Waals surface area contributed by atoms with Crippen molar-refractivity contribution >= 4 is 0 Å². The lowest BCUT2D eigenvalue weighted by Gasteiger charge is -2.47. The third-order valence-corrected chi connectivity index (χ3v) is 11.8. The molecule has 0 aliphatic heterocycles. The maximum atomic E-state index is 2.74. The lowest BCUT2D eigenvalue weighted by Crippen LogP contribution is -2.40. The minimum atomic E-state index is 0.125. The van der Waals surface area contributed by atoms with Gasteiger partial charge in [0.1, 0.15) is 0 Å². The molecule has 3 unspecified atom stereocenters. The van der Waals surface area contributed by atoms with E-state index >= 15 is 0 Å². The molecule has 0 radical (unpaired) electrons. The number of hydrogen-bond donors (Lipinski definition) is 0. The fourth-order valence-corrected chi connectivity index (χ4v) is 9.18. The topological polar surface area (TPSA) is 0 Å². The zero-order valence-electron chi connectivity index (χ0n) is 28.0. The summed E-state index contributed by atoms with van der Waals surface area (Å²) in [4.78, 5) is 0. The van der Waals surface area contributed by atoms with E-state index < -0.39 is 0 Å². The predicted molar refractivity (Wildman–Crippen MR) is 175 cm³/mol. The molecule has 0 bridgehead atoms. The Morgan fingerprint density at radius 2 is 1.12 bits per heavy atom. The molecule has 0 heterocycles. The Labute approximate surface area is 246 Å². The van der Waals surface area contributed by atoms with E-state index in [0.29, 0.717) is 17.8 Å². The van der Waals surface area contributed by atoms with Crippen molar-refractivity contribution in [1.29, 1.82) is 0 Å². The van der Waals surface area contributed by atoms with Gasteiger partial charge in [-0.15, -0.1) is 0 Å². The molecule has 3 atom stereocenters. The maximum Gasteiger partial charge on any atom is 0.0170 e. The lowest BCUT2D eigenvalue weighted by molar-refractivity contribution is 0.0768. The highest BCUT2D eigenvalue weighted by atomic mass is 14.7. The Morgan fingerprint density at radius 1 is 0.650 bits per heavy atom. The van der Waals surface area contributed by atoms with Gasteiger partial charge in [-0.25, -0.2) is 0 Å². The summed E-state index contributed by atoms with van der Waals surface area (Å²) in [7, 11) is 0. The van der Waals surface area contributed by atoms with Crippen LogP contribution in [0.4, 0.5) is 0 Å². The van der Waals surface area contributed by atoms with Gasteiger partial charge in [0.15, 0.2) is 0 Å². The van der Waals surface area contributed by atoms with E-state index in [2.05, 4.69) is 139 Å². The molecule has 0 amide bonds. The second kappa shape index (κ2) is 9.21. The first kappa shape index (κ1) is 29.4. The summed E-state index contributed by atoms with van der Waals surface area (Å²) in [5.74, 6) is 1.47. The maximum absolute atomic E-state index is 2.74. The van der Waals surface area contributed by atoms with Crippen LogP contribution in [0.5, 0.6) is 0 Å². The Kier molecular flexibility index (Phi) is 6.77. The molecule has 1 saturated carbocycles. The molecule has 0 N–H and O–H groups in total. The van der Waals surface area contributed by atoms with E-state index in [1.807, 2.05) is 0 Å². The van der Waals surface area contributed by atoms with Crippen LogP contribution >= 0.6 is 0 Å². The molecule has 40 heavy (non-hydrogen) atoms. The third-order valence-electron chi connectivity index (χ3n) is 11.8. The van der Waals surface area contributed by atoms with Crippen LogP contribution in [0.15, 0.2) is 59.7 Å². The largest absolute Gasteiger partial charge is 0.0730 e. The summed E-state index contributed by atoms with van der Waals surface area (Å²) < 4.78 is 0. The van der Waals surface area contributed by atoms with Crippen molar-refractivity contribution in [3.63, 3.8) is 0 Å². The van der Waals surface area contributed by atoms with Crippen molar-refractivity contribution in [1.82, 2.24) is 0 Å². The van der Waals surface area contributed by atoms with Crippen LogP contribution in [-0.4, -0.2) is 0 Å². The monoisotopic (exact) mass is 536 g/mol. The first-order valence-electron chi connectivity index (χ1n) is 16.2. The van der Waals surface area contributed by atoms with Crippen molar-refractivity contribution in [2.24, 2.45) is 28.1 Å². The Morgan fingerprint density at radius 3 is 1.50 bits per heavy atom. The van der Waals surface area contributed by atoms with Crippen LogP contribution in [0.2, 0.25) is 0 Å². The Hall–Kier alpha value is -2.08. The number of hydrogen-bond acceptors (Lipinski definition) is 0. The van der Waals surface area contributed by atoms with E-state index in [9.17, 15) is 0 Å². The molecule has 5 rings (SSSR count). The summed E-state index contributed by atoms with van der Waals surface area (Å²) in [5, 5.41) is 0. The molecule has 0 heteroatoms. The van der Waals surface area contributed by atoms with Crippen molar-refractivity contribution < 1.29 is 0 Å². The van der Waals surface area contributed by atoms with Crippen LogP contribution in [0, 0.1) is 28.1 Å². The molecule has 2 aromatic carbocycles. The zero-order chi connectivity index (χ0) is 29.6. The number of fused-ring (bicyclic) bond motifs is 4. The average molecular weight is 537 g/mol. The van der Waals surface area contributed by atoms with Gasteiger partial charge in [0, 0.05) is 11.8 Å². The molecule has 0 saturated heterocycles. The first-order chi connectivity index (χ1) is 18.5. The summed E-state index contributed by atoms with van der Waals surface area (Å²) in [6.07, 6.45) is 9.03. The van der Waals surface area contributed by atoms with Crippen molar-refractivity contribution in [3.05, 3.63) is 82.0 Å². The zero-order valence-corrected chi connectivity index (χ0v) is 28.0. The molecule has 216 valence electrons. The van der Waals surface area contributed by atoms with Crippen LogP contribution in [-0.2, 0) is 10.8 Å². The molecule has 3 aliphatic carbocycles. The summed E-state index contributed by atoms with van der Waals surface area (Å²) in [5.41, 5.74) is 13.1. The van der Waals surface area contributed by atoms with Crippen molar-refractivity contribution in [2.45, 2.75) is 126 Å². The van der Waals surface area contributed by atoms with E-state index in [4.69, 9.17) is 0 Å². The van der Waals surface area contributed by atoms with Gasteiger partial charge in [-0.3, -0.25) is 0 Å². The van der Waals surface area contributed by atoms with Crippen LogP contribution in [0.25, 0.3) is 11.1 Å². The SMILES string of the molecule is CCC1(CC)C2=CC(C(C)(C)C)=CC2C(CC)(C2c3cc(C(C)(C)C)ccc3-c3ccc(C(C)(C)C)cc32)C1C. The molecular weight excluding hydrogens is 480 g/mol. The van der Waals surface area contributed by atoms with Gasteiger partial charge in [0.05, 0.1) is 0 Å². The second-order valence-corrected chi connectivity index (χ2v) is 16.5. The van der Waals surface area contributed by atoms with Gasteiger partial charge >= 0.3 is 0 Å². The Bertz CT molecular complexity index is 1310. The van der Waals surface area contributed by atoms with Gasteiger partial charge in [-0.05, 0) is 91.2 Å². The third kappa shape index (κ3) is 3.98. The normalized spacial score (nSPS) is 25.9. The predicted octanol–water partition coefficient (Wildman–Crippen LogP) is 11.8.